The number of fused-ring (bicyclic) bond motifs is 1. The molecule has 2 aromatic rings. The fraction of sp³-hybridized carbons (Fsp3) is 0.200. The average Bonchev–Trinajstić information content (AvgIpc) is 2.62. The average molecular weight is 288 g/mol. The number of carbonyl (C=O) groups excluding carboxylic acids is 1. The van der Waals surface area contributed by atoms with Gasteiger partial charge in [-0.2, -0.15) is 4.57 Å². The number of carbonyl (C=O) groups is 1. The quantitative estimate of drug-likeness (QED) is 0.490. The van der Waals surface area contributed by atoms with Crippen LogP contribution in [-0.4, -0.2) is 13.1 Å². The van der Waals surface area contributed by atoms with Gasteiger partial charge in [-0.1, -0.05) is 23.5 Å². The number of para-hydroxylation sites is 1. The van der Waals surface area contributed by atoms with E-state index >= 15 is 0 Å². The molecule has 0 fully saturated rings. The van der Waals surface area contributed by atoms with Crippen molar-refractivity contribution in [1.82, 2.24) is 0 Å². The number of hydrogen-bond donors (Lipinski definition) is 0. The second-order valence-electron chi connectivity index (χ2n) is 2.90. The molecule has 0 aliphatic carbocycles. The minimum atomic E-state index is -0.224. The van der Waals surface area contributed by atoms with E-state index in [0.717, 1.165) is 5.52 Å². The number of hydrogen-bond acceptors (Lipinski definition) is 3. The molecule has 0 aliphatic heterocycles. The lowest BCUT2D eigenvalue weighted by molar-refractivity contribution is -0.655. The van der Waals surface area contributed by atoms with Crippen molar-refractivity contribution in [3.05, 3.63) is 29.8 Å². The Morgan fingerprint density at radius 1 is 1.47 bits per heavy atom. The molecule has 0 bridgehead atoms. The molecule has 15 heavy (non-hydrogen) atoms. The summed E-state index contributed by atoms with van der Waals surface area (Å²) in [5.74, 6) is -0.224. The molecule has 0 atom stereocenters. The summed E-state index contributed by atoms with van der Waals surface area (Å²) >= 11 is 1.62. The Kier molecular flexibility index (Phi) is 4.23. The van der Waals surface area contributed by atoms with Crippen LogP contribution in [0.25, 0.3) is 10.2 Å². The molecule has 0 N–H and O–H groups in total. The Morgan fingerprint density at radius 3 is 2.93 bits per heavy atom. The molecule has 0 amide bonds. The van der Waals surface area contributed by atoms with Gasteiger partial charge in [0.25, 0.3) is 0 Å². The van der Waals surface area contributed by atoms with Gasteiger partial charge >= 0.3 is 5.97 Å². The third-order valence-electron chi connectivity index (χ3n) is 2.01. The van der Waals surface area contributed by atoms with Crippen LogP contribution in [0.4, 0.5) is 0 Å². The lowest BCUT2D eigenvalue weighted by Crippen LogP contribution is -3.00. The van der Waals surface area contributed by atoms with Gasteiger partial charge in [-0.15, -0.1) is 0 Å². The van der Waals surface area contributed by atoms with Crippen LogP contribution in [-0.2, 0) is 16.1 Å². The van der Waals surface area contributed by atoms with Gasteiger partial charge in [0.1, 0.15) is 4.70 Å². The summed E-state index contributed by atoms with van der Waals surface area (Å²) in [5.41, 5.74) is 3.00. The Bertz CT molecular complexity index is 469. The predicted octanol–water partition coefficient (Wildman–Crippen LogP) is -1.63. The van der Waals surface area contributed by atoms with Crippen molar-refractivity contribution >= 4 is 27.5 Å². The van der Waals surface area contributed by atoms with Crippen LogP contribution in [0.15, 0.2) is 29.8 Å². The summed E-state index contributed by atoms with van der Waals surface area (Å²) < 4.78 is 7.69. The molecule has 5 heteroatoms. The number of thiazole rings is 1. The zero-order chi connectivity index (χ0) is 9.97. The van der Waals surface area contributed by atoms with Crippen LogP contribution in [0.2, 0.25) is 0 Å². The number of ether oxygens (including phenoxy) is 1. The third kappa shape index (κ3) is 2.54. The molecule has 1 heterocycles. The van der Waals surface area contributed by atoms with Gasteiger partial charge < -0.3 is 21.7 Å². The Labute approximate surface area is 102 Å². The Balaban J connectivity index is 0.00000112. The van der Waals surface area contributed by atoms with Crippen LogP contribution >= 0.6 is 11.3 Å². The second kappa shape index (κ2) is 5.23. The maximum atomic E-state index is 11.1. The Hall–Kier alpha value is -0.940. The zero-order valence-electron chi connectivity index (χ0n) is 8.14. The summed E-state index contributed by atoms with van der Waals surface area (Å²) in [6.07, 6.45) is 0. The first-order chi connectivity index (χ1) is 6.81. The number of aromatic nitrogens is 1. The van der Waals surface area contributed by atoms with Gasteiger partial charge in [0.15, 0.2) is 0 Å². The van der Waals surface area contributed by atoms with E-state index in [1.807, 2.05) is 34.3 Å². The maximum absolute atomic E-state index is 11.1. The number of rotatable bonds is 2. The van der Waals surface area contributed by atoms with E-state index in [0.29, 0.717) is 0 Å². The summed E-state index contributed by atoms with van der Waals surface area (Å²) in [6, 6.07) is 7.98. The van der Waals surface area contributed by atoms with E-state index < -0.39 is 0 Å². The van der Waals surface area contributed by atoms with Gasteiger partial charge in [0.05, 0.1) is 7.11 Å². The lowest BCUT2D eigenvalue weighted by atomic mass is 10.3. The van der Waals surface area contributed by atoms with Crippen LogP contribution < -0.4 is 21.5 Å². The largest absolute Gasteiger partial charge is 1.00 e. The van der Waals surface area contributed by atoms with Crippen LogP contribution in [0.3, 0.4) is 0 Å². The van der Waals surface area contributed by atoms with E-state index in [1.54, 1.807) is 11.3 Å². The van der Waals surface area contributed by atoms with Crippen molar-refractivity contribution in [2.45, 2.75) is 6.54 Å². The number of halogens is 1. The molecule has 3 nitrogen and oxygen atoms in total. The van der Waals surface area contributed by atoms with E-state index in [1.165, 1.54) is 11.8 Å². The first-order valence-electron chi connectivity index (χ1n) is 4.24. The van der Waals surface area contributed by atoms with E-state index in [4.69, 9.17) is 0 Å². The molecule has 0 radical (unpaired) electrons. The highest BCUT2D eigenvalue weighted by Gasteiger charge is 2.14. The molecular weight excluding hydrogens is 278 g/mol. The van der Waals surface area contributed by atoms with E-state index in [-0.39, 0.29) is 29.5 Å². The highest BCUT2D eigenvalue weighted by Crippen LogP contribution is 2.14. The maximum Gasteiger partial charge on any atom is 0.372 e. The fourth-order valence-corrected chi connectivity index (χ4v) is 2.19. The molecule has 0 saturated heterocycles. The van der Waals surface area contributed by atoms with Gasteiger partial charge in [-0.3, -0.25) is 0 Å². The number of esters is 1. The van der Waals surface area contributed by atoms with Crippen molar-refractivity contribution < 1.29 is 31.1 Å². The molecule has 80 valence electrons. The molecule has 0 spiro atoms. The number of methoxy groups -OCH3 is 1. The van der Waals surface area contributed by atoms with Crippen molar-refractivity contribution in [2.75, 3.05) is 7.11 Å². The smallest absolute Gasteiger partial charge is 0.372 e. The van der Waals surface area contributed by atoms with Crippen molar-refractivity contribution in [3.8, 4) is 0 Å². The van der Waals surface area contributed by atoms with Gasteiger partial charge in [-0.05, 0) is 6.07 Å². The van der Waals surface area contributed by atoms with Gasteiger partial charge in [0, 0.05) is 6.07 Å². The first kappa shape index (κ1) is 12.1. The highest BCUT2D eigenvalue weighted by atomic mass is 79.9. The van der Waals surface area contributed by atoms with Crippen LogP contribution in [0, 0.1) is 0 Å². The van der Waals surface area contributed by atoms with Crippen molar-refractivity contribution in [1.29, 1.82) is 0 Å². The molecule has 2 rings (SSSR count). The minimum absolute atomic E-state index is 0. The summed E-state index contributed by atoms with van der Waals surface area (Å²) in [6.45, 7) is 0.278. The molecule has 1 aromatic carbocycles. The molecule has 0 unspecified atom stereocenters. The summed E-state index contributed by atoms with van der Waals surface area (Å²) in [5, 5.41) is 0. The number of nitrogens with zero attached hydrogens (tertiary/aromatic N) is 1. The molecule has 0 aliphatic rings. The van der Waals surface area contributed by atoms with E-state index in [2.05, 4.69) is 4.74 Å². The minimum Gasteiger partial charge on any atom is -1.00 e. The molecular formula is C10H10BrNO2S. The van der Waals surface area contributed by atoms with Gasteiger partial charge in [0.2, 0.25) is 17.6 Å². The topological polar surface area (TPSA) is 30.2 Å². The van der Waals surface area contributed by atoms with Crippen LogP contribution in [0.1, 0.15) is 0 Å². The second-order valence-corrected chi connectivity index (χ2v) is 3.78. The molecule has 1 aromatic heterocycles. The number of benzene rings is 1. The molecule has 0 saturated carbocycles. The van der Waals surface area contributed by atoms with E-state index in [9.17, 15) is 4.79 Å². The van der Waals surface area contributed by atoms with Crippen molar-refractivity contribution in [3.63, 3.8) is 0 Å². The standard InChI is InChI=1S/C10H10NO2S.BrH/c1-13-10(12)6-11-7-14-9-5-3-2-4-8(9)11;/h2-5,7H,6H2,1H3;1H/q+1;/p-1. The monoisotopic (exact) mass is 287 g/mol. The van der Waals surface area contributed by atoms with Crippen LogP contribution in [0.5, 0.6) is 0 Å². The fourth-order valence-electron chi connectivity index (χ4n) is 1.30. The Morgan fingerprint density at radius 2 is 2.20 bits per heavy atom. The lowest BCUT2D eigenvalue weighted by Gasteiger charge is -1.92. The summed E-state index contributed by atoms with van der Waals surface area (Å²) in [4.78, 5) is 11.1. The third-order valence-corrected chi connectivity index (χ3v) is 2.97. The van der Waals surface area contributed by atoms with Crippen molar-refractivity contribution in [2.24, 2.45) is 0 Å². The zero-order valence-corrected chi connectivity index (χ0v) is 10.5. The van der Waals surface area contributed by atoms with Gasteiger partial charge in [-0.25, -0.2) is 4.79 Å². The predicted molar refractivity (Wildman–Crippen MR) is 54.0 cm³/mol. The first-order valence-corrected chi connectivity index (χ1v) is 5.11. The normalized spacial score (nSPS) is 9.67. The highest BCUT2D eigenvalue weighted by molar-refractivity contribution is 7.16. The summed E-state index contributed by atoms with van der Waals surface area (Å²) in [7, 11) is 1.40. The SMILES string of the molecule is COC(=O)C[n+]1csc2ccccc21.[Br-].